The van der Waals surface area contributed by atoms with Gasteiger partial charge in [0, 0.05) is 26.2 Å². The van der Waals surface area contributed by atoms with Gasteiger partial charge in [0.05, 0.1) is 12.7 Å². The first-order valence-corrected chi connectivity index (χ1v) is 9.49. The lowest BCUT2D eigenvalue weighted by Crippen LogP contribution is -2.51. The van der Waals surface area contributed by atoms with Crippen molar-refractivity contribution in [1.82, 2.24) is 8.61 Å². The Morgan fingerprint density at radius 2 is 1.83 bits per heavy atom. The van der Waals surface area contributed by atoms with Crippen molar-refractivity contribution in [1.29, 1.82) is 0 Å². The molecule has 0 aliphatic carbocycles. The van der Waals surface area contributed by atoms with Crippen LogP contribution in [0.3, 0.4) is 0 Å². The van der Waals surface area contributed by atoms with Gasteiger partial charge in [-0.1, -0.05) is 19.1 Å². The van der Waals surface area contributed by atoms with Crippen LogP contribution in [0.5, 0.6) is 0 Å². The highest BCUT2D eigenvalue weighted by Crippen LogP contribution is 2.27. The van der Waals surface area contributed by atoms with Gasteiger partial charge in [0.25, 0.3) is 10.2 Å². The largest absolute Gasteiger partial charge is 0.371 e. The van der Waals surface area contributed by atoms with Gasteiger partial charge in [0.2, 0.25) is 0 Å². The molecule has 0 N–H and O–H groups in total. The summed E-state index contributed by atoms with van der Waals surface area (Å²) in [7, 11) is -3.45. The maximum atomic E-state index is 13.0. The number of hydrogen-bond donors (Lipinski definition) is 0. The van der Waals surface area contributed by atoms with Crippen molar-refractivity contribution in [2.24, 2.45) is 5.92 Å². The van der Waals surface area contributed by atoms with Crippen molar-refractivity contribution in [3.05, 3.63) is 35.6 Å². The van der Waals surface area contributed by atoms with Gasteiger partial charge in [-0.25, -0.2) is 4.39 Å². The van der Waals surface area contributed by atoms with Gasteiger partial charge in [0.15, 0.2) is 0 Å². The van der Waals surface area contributed by atoms with Crippen LogP contribution >= 0.6 is 0 Å². The molecule has 7 heteroatoms. The summed E-state index contributed by atoms with van der Waals surface area (Å²) in [5.41, 5.74) is 0.804. The zero-order valence-corrected chi connectivity index (χ0v) is 14.1. The van der Waals surface area contributed by atoms with Crippen LogP contribution < -0.4 is 0 Å². The number of hydrogen-bond acceptors (Lipinski definition) is 3. The van der Waals surface area contributed by atoms with E-state index in [9.17, 15) is 12.8 Å². The number of morpholine rings is 1. The molecule has 0 radical (unpaired) electrons. The number of rotatable bonds is 3. The Labute approximate surface area is 137 Å². The Hall–Kier alpha value is -1.02. The summed E-state index contributed by atoms with van der Waals surface area (Å²) in [6, 6.07) is 6.05. The Balaban J connectivity index is 1.73. The SMILES string of the molecule is CC1CCCN(S(=O)(=O)N2CCOC(c3ccc(F)cc3)C2)C1. The minimum atomic E-state index is -3.45. The predicted molar refractivity (Wildman–Crippen MR) is 85.6 cm³/mol. The zero-order chi connectivity index (χ0) is 16.4. The molecule has 2 aliphatic heterocycles. The molecule has 0 bridgehead atoms. The summed E-state index contributed by atoms with van der Waals surface area (Å²) in [6.07, 6.45) is 1.64. The van der Waals surface area contributed by atoms with E-state index in [0.717, 1.165) is 18.4 Å². The fourth-order valence-corrected chi connectivity index (χ4v) is 4.99. The van der Waals surface area contributed by atoms with Crippen molar-refractivity contribution in [2.45, 2.75) is 25.9 Å². The molecule has 2 unspecified atom stereocenters. The molecule has 5 nitrogen and oxygen atoms in total. The molecule has 2 heterocycles. The maximum absolute atomic E-state index is 13.0. The van der Waals surface area contributed by atoms with Gasteiger partial charge >= 0.3 is 0 Å². The van der Waals surface area contributed by atoms with Crippen LogP contribution in [0, 0.1) is 11.7 Å². The molecule has 3 rings (SSSR count). The van der Waals surface area contributed by atoms with Gasteiger partial charge in [-0.05, 0) is 36.5 Å². The van der Waals surface area contributed by atoms with Gasteiger partial charge in [-0.2, -0.15) is 17.0 Å². The van der Waals surface area contributed by atoms with Crippen LogP contribution in [0.4, 0.5) is 4.39 Å². The van der Waals surface area contributed by atoms with E-state index in [1.54, 1.807) is 16.4 Å². The summed E-state index contributed by atoms with van der Waals surface area (Å²) < 4.78 is 47.5. The van der Waals surface area contributed by atoms with E-state index in [4.69, 9.17) is 4.74 Å². The van der Waals surface area contributed by atoms with Crippen LogP contribution in [0.1, 0.15) is 31.4 Å². The van der Waals surface area contributed by atoms with Crippen LogP contribution in [0.2, 0.25) is 0 Å². The highest BCUT2D eigenvalue weighted by Gasteiger charge is 2.36. The van der Waals surface area contributed by atoms with E-state index in [2.05, 4.69) is 6.92 Å². The van der Waals surface area contributed by atoms with Gasteiger partial charge in [0.1, 0.15) is 5.82 Å². The van der Waals surface area contributed by atoms with E-state index >= 15 is 0 Å². The monoisotopic (exact) mass is 342 g/mol. The number of halogens is 1. The second-order valence-electron chi connectivity index (χ2n) is 6.38. The third-order valence-electron chi connectivity index (χ3n) is 4.54. The van der Waals surface area contributed by atoms with Crippen LogP contribution in [-0.4, -0.2) is 49.8 Å². The average Bonchev–Trinajstić information content (AvgIpc) is 2.56. The molecule has 0 aromatic heterocycles. The summed E-state index contributed by atoms with van der Waals surface area (Å²) in [5.74, 6) is 0.0869. The molecule has 0 amide bonds. The number of benzene rings is 1. The third-order valence-corrected chi connectivity index (χ3v) is 6.51. The lowest BCUT2D eigenvalue weighted by molar-refractivity contribution is -0.00473. The minimum absolute atomic E-state index is 0.277. The Morgan fingerprint density at radius 1 is 1.13 bits per heavy atom. The predicted octanol–water partition coefficient (Wildman–Crippen LogP) is 2.18. The van der Waals surface area contributed by atoms with E-state index < -0.39 is 10.2 Å². The van der Waals surface area contributed by atoms with Crippen molar-refractivity contribution < 1.29 is 17.5 Å². The van der Waals surface area contributed by atoms with Crippen LogP contribution in [-0.2, 0) is 14.9 Å². The topological polar surface area (TPSA) is 49.9 Å². The number of piperidine rings is 1. The Kier molecular flexibility index (Phi) is 5.01. The standard InChI is InChI=1S/C16H23FN2O3S/c1-13-3-2-8-18(11-13)23(20,21)19-9-10-22-16(12-19)14-4-6-15(17)7-5-14/h4-7,13,16H,2-3,8-12H2,1H3. The Morgan fingerprint density at radius 3 is 2.52 bits per heavy atom. The Bertz CT molecular complexity index is 635. The molecule has 1 aromatic rings. The second kappa shape index (κ2) is 6.84. The van der Waals surface area contributed by atoms with E-state index in [-0.39, 0.29) is 18.5 Å². The zero-order valence-electron chi connectivity index (χ0n) is 13.3. The molecule has 2 atom stereocenters. The molecule has 2 saturated heterocycles. The second-order valence-corrected chi connectivity index (χ2v) is 8.31. The fraction of sp³-hybridized carbons (Fsp3) is 0.625. The van der Waals surface area contributed by atoms with Gasteiger partial charge in [-0.15, -0.1) is 0 Å². The molecular formula is C16H23FN2O3S. The lowest BCUT2D eigenvalue weighted by atomic mass is 10.0. The molecular weight excluding hydrogens is 319 g/mol. The molecule has 0 saturated carbocycles. The normalized spacial score (nSPS) is 27.9. The molecule has 2 aliphatic rings. The third kappa shape index (κ3) is 3.74. The molecule has 128 valence electrons. The fourth-order valence-electron chi connectivity index (χ4n) is 3.23. The minimum Gasteiger partial charge on any atom is -0.371 e. The van der Waals surface area contributed by atoms with E-state index in [1.807, 2.05) is 0 Å². The van der Waals surface area contributed by atoms with Crippen LogP contribution in [0.15, 0.2) is 24.3 Å². The smallest absolute Gasteiger partial charge is 0.282 e. The summed E-state index contributed by atoms with van der Waals surface area (Å²) in [6.45, 7) is 4.25. The summed E-state index contributed by atoms with van der Waals surface area (Å²) >= 11 is 0. The lowest BCUT2D eigenvalue weighted by Gasteiger charge is -2.38. The first-order valence-electron chi connectivity index (χ1n) is 8.09. The van der Waals surface area contributed by atoms with Gasteiger partial charge < -0.3 is 4.74 Å². The summed E-state index contributed by atoms with van der Waals surface area (Å²) in [4.78, 5) is 0. The first-order chi connectivity index (χ1) is 11.0. The number of ether oxygens (including phenoxy) is 1. The van der Waals surface area contributed by atoms with Gasteiger partial charge in [-0.3, -0.25) is 0 Å². The highest BCUT2D eigenvalue weighted by molar-refractivity contribution is 7.86. The average molecular weight is 342 g/mol. The quantitative estimate of drug-likeness (QED) is 0.846. The number of nitrogens with zero attached hydrogens (tertiary/aromatic N) is 2. The summed E-state index contributed by atoms with van der Waals surface area (Å²) in [5, 5.41) is 0. The highest BCUT2D eigenvalue weighted by atomic mass is 32.2. The maximum Gasteiger partial charge on any atom is 0.282 e. The molecule has 0 spiro atoms. The molecule has 2 fully saturated rings. The van der Waals surface area contributed by atoms with Crippen molar-refractivity contribution in [3.8, 4) is 0 Å². The van der Waals surface area contributed by atoms with E-state index in [0.29, 0.717) is 32.2 Å². The molecule has 1 aromatic carbocycles. The molecule has 23 heavy (non-hydrogen) atoms. The van der Waals surface area contributed by atoms with Crippen molar-refractivity contribution in [2.75, 3.05) is 32.8 Å². The van der Waals surface area contributed by atoms with Crippen molar-refractivity contribution >= 4 is 10.2 Å². The van der Waals surface area contributed by atoms with Crippen molar-refractivity contribution in [3.63, 3.8) is 0 Å². The van der Waals surface area contributed by atoms with Crippen LogP contribution in [0.25, 0.3) is 0 Å². The van der Waals surface area contributed by atoms with E-state index in [1.165, 1.54) is 16.4 Å². The first kappa shape index (κ1) is 16.8.